The van der Waals surface area contributed by atoms with Crippen molar-refractivity contribution >= 4 is 27.1 Å². The number of imidazole rings is 1. The zero-order chi connectivity index (χ0) is 20.8. The third-order valence-corrected chi connectivity index (χ3v) is 5.99. The molecule has 3 aromatic rings. The Morgan fingerprint density at radius 3 is 2.62 bits per heavy atom. The predicted octanol–water partition coefficient (Wildman–Crippen LogP) is -0.258. The third-order valence-electron chi connectivity index (χ3n) is 4.70. The van der Waals surface area contributed by atoms with Gasteiger partial charge in [-0.05, 0) is 19.1 Å². The van der Waals surface area contributed by atoms with E-state index in [0.717, 1.165) is 5.56 Å². The smallest absolute Gasteiger partial charge is 0.297 e. The molecular formula is C17H19N5O6S. The van der Waals surface area contributed by atoms with Gasteiger partial charge < -0.3 is 20.7 Å². The highest BCUT2D eigenvalue weighted by Crippen LogP contribution is 2.32. The van der Waals surface area contributed by atoms with E-state index in [-0.39, 0.29) is 10.7 Å². The SMILES string of the molecule is Cc1ccc(S(=O)(=O)OCC2OC(n3cnc4c(N)ncnc43)C(O)C2O)cc1. The predicted molar refractivity (Wildman–Crippen MR) is 100.0 cm³/mol. The second kappa shape index (κ2) is 7.31. The van der Waals surface area contributed by atoms with E-state index in [2.05, 4.69) is 15.0 Å². The summed E-state index contributed by atoms with van der Waals surface area (Å²) in [5, 5.41) is 20.7. The molecule has 1 fully saturated rings. The van der Waals surface area contributed by atoms with Crippen LogP contribution in [0.4, 0.5) is 5.82 Å². The average molecular weight is 421 g/mol. The summed E-state index contributed by atoms with van der Waals surface area (Å²) in [5.41, 5.74) is 7.28. The number of aliphatic hydroxyl groups is 2. The van der Waals surface area contributed by atoms with Crippen molar-refractivity contribution in [1.29, 1.82) is 0 Å². The van der Waals surface area contributed by atoms with Crippen molar-refractivity contribution in [3.8, 4) is 0 Å². The molecule has 12 heteroatoms. The fourth-order valence-electron chi connectivity index (χ4n) is 3.08. The van der Waals surface area contributed by atoms with Crippen molar-refractivity contribution in [1.82, 2.24) is 19.5 Å². The van der Waals surface area contributed by atoms with Gasteiger partial charge in [0.1, 0.15) is 30.2 Å². The first-order chi connectivity index (χ1) is 13.8. The van der Waals surface area contributed by atoms with Gasteiger partial charge in [-0.15, -0.1) is 0 Å². The van der Waals surface area contributed by atoms with Gasteiger partial charge in [0.05, 0.1) is 17.8 Å². The highest BCUT2D eigenvalue weighted by molar-refractivity contribution is 7.86. The maximum absolute atomic E-state index is 12.3. The summed E-state index contributed by atoms with van der Waals surface area (Å²) in [7, 11) is -4.05. The van der Waals surface area contributed by atoms with E-state index in [9.17, 15) is 18.6 Å². The molecule has 0 saturated carbocycles. The minimum Gasteiger partial charge on any atom is -0.387 e. The first-order valence-electron chi connectivity index (χ1n) is 8.68. The number of hydrogen-bond acceptors (Lipinski definition) is 10. The van der Waals surface area contributed by atoms with Gasteiger partial charge in [-0.1, -0.05) is 17.7 Å². The average Bonchev–Trinajstić information content (AvgIpc) is 3.24. The van der Waals surface area contributed by atoms with Gasteiger partial charge >= 0.3 is 0 Å². The molecule has 154 valence electrons. The van der Waals surface area contributed by atoms with Crippen LogP contribution < -0.4 is 5.73 Å². The molecule has 1 aromatic carbocycles. The Labute approximate surface area is 165 Å². The normalized spacial score (nSPS) is 24.9. The number of aryl methyl sites for hydroxylation is 1. The second-order valence-electron chi connectivity index (χ2n) is 6.68. The lowest BCUT2D eigenvalue weighted by Gasteiger charge is -2.16. The van der Waals surface area contributed by atoms with Crippen molar-refractivity contribution < 1.29 is 27.6 Å². The molecule has 1 aliphatic rings. The zero-order valence-electron chi connectivity index (χ0n) is 15.3. The van der Waals surface area contributed by atoms with Crippen LogP contribution in [0.15, 0.2) is 41.8 Å². The first kappa shape index (κ1) is 19.7. The molecule has 4 atom stereocenters. The molecule has 0 bridgehead atoms. The number of nitrogens with two attached hydrogens (primary N) is 1. The Hall–Kier alpha value is -2.64. The molecule has 0 radical (unpaired) electrons. The van der Waals surface area contributed by atoms with Crippen LogP contribution in [0.5, 0.6) is 0 Å². The van der Waals surface area contributed by atoms with Crippen LogP contribution in [0.25, 0.3) is 11.2 Å². The zero-order valence-corrected chi connectivity index (χ0v) is 16.1. The van der Waals surface area contributed by atoms with Gasteiger partial charge in [-0.2, -0.15) is 8.42 Å². The van der Waals surface area contributed by atoms with E-state index in [0.29, 0.717) is 11.2 Å². The number of rotatable bonds is 5. The number of aliphatic hydroxyl groups excluding tert-OH is 2. The molecule has 0 aliphatic carbocycles. The minimum absolute atomic E-state index is 0.0135. The molecule has 2 aromatic heterocycles. The second-order valence-corrected chi connectivity index (χ2v) is 8.30. The molecule has 0 spiro atoms. The van der Waals surface area contributed by atoms with E-state index in [1.165, 1.54) is 29.4 Å². The Bertz CT molecular complexity index is 1130. The van der Waals surface area contributed by atoms with E-state index >= 15 is 0 Å². The van der Waals surface area contributed by atoms with E-state index < -0.39 is 41.3 Å². The molecule has 1 aliphatic heterocycles. The van der Waals surface area contributed by atoms with Crippen molar-refractivity contribution in [2.75, 3.05) is 12.3 Å². The molecule has 4 unspecified atom stereocenters. The summed E-state index contributed by atoms with van der Waals surface area (Å²) in [6.45, 7) is 1.36. The lowest BCUT2D eigenvalue weighted by Crippen LogP contribution is -2.34. The van der Waals surface area contributed by atoms with Gasteiger partial charge in [-0.3, -0.25) is 8.75 Å². The van der Waals surface area contributed by atoms with E-state index in [4.69, 9.17) is 14.7 Å². The fourth-order valence-corrected chi connectivity index (χ4v) is 4.00. The topological polar surface area (TPSA) is 163 Å². The lowest BCUT2D eigenvalue weighted by molar-refractivity contribution is -0.0467. The fraction of sp³-hybridized carbons (Fsp3) is 0.353. The number of anilines is 1. The largest absolute Gasteiger partial charge is 0.387 e. The van der Waals surface area contributed by atoms with Gasteiger partial charge in [0.15, 0.2) is 17.7 Å². The number of ether oxygens (including phenoxy) is 1. The third kappa shape index (κ3) is 3.56. The van der Waals surface area contributed by atoms with Crippen molar-refractivity contribution in [3.63, 3.8) is 0 Å². The maximum Gasteiger partial charge on any atom is 0.297 e. The van der Waals surface area contributed by atoms with Gasteiger partial charge in [0, 0.05) is 0 Å². The summed E-state index contributed by atoms with van der Waals surface area (Å²) in [4.78, 5) is 12.0. The monoisotopic (exact) mass is 421 g/mol. The molecule has 4 rings (SSSR count). The first-order valence-corrected chi connectivity index (χ1v) is 10.1. The number of benzene rings is 1. The Kier molecular flexibility index (Phi) is 4.96. The van der Waals surface area contributed by atoms with E-state index in [1.54, 1.807) is 12.1 Å². The number of nitrogen functional groups attached to an aromatic ring is 1. The number of aromatic nitrogens is 4. The van der Waals surface area contributed by atoms with Crippen LogP contribution in [-0.2, 0) is 19.0 Å². The highest BCUT2D eigenvalue weighted by atomic mass is 32.2. The molecule has 3 heterocycles. The molecule has 1 saturated heterocycles. The summed E-state index contributed by atoms with van der Waals surface area (Å²) in [5.74, 6) is 0.158. The van der Waals surface area contributed by atoms with Crippen LogP contribution in [0.3, 0.4) is 0 Å². The van der Waals surface area contributed by atoms with Gasteiger partial charge in [0.2, 0.25) is 0 Å². The van der Waals surface area contributed by atoms with Gasteiger partial charge in [-0.25, -0.2) is 15.0 Å². The van der Waals surface area contributed by atoms with E-state index in [1.807, 2.05) is 6.92 Å². The Morgan fingerprint density at radius 1 is 1.17 bits per heavy atom. The van der Waals surface area contributed by atoms with Gasteiger partial charge in [0.25, 0.3) is 10.1 Å². The number of hydrogen-bond donors (Lipinski definition) is 3. The molecule has 4 N–H and O–H groups in total. The molecular weight excluding hydrogens is 402 g/mol. The number of fused-ring (bicyclic) bond motifs is 1. The quantitative estimate of drug-likeness (QED) is 0.468. The molecule has 29 heavy (non-hydrogen) atoms. The van der Waals surface area contributed by atoms with Crippen LogP contribution in [-0.4, -0.2) is 63.1 Å². The molecule has 0 amide bonds. The highest BCUT2D eigenvalue weighted by Gasteiger charge is 2.45. The Morgan fingerprint density at radius 2 is 1.90 bits per heavy atom. The summed E-state index contributed by atoms with van der Waals surface area (Å²) < 4.78 is 36.8. The van der Waals surface area contributed by atoms with Crippen molar-refractivity contribution in [2.45, 2.75) is 36.4 Å². The van der Waals surface area contributed by atoms with Crippen LogP contribution in [0.2, 0.25) is 0 Å². The Balaban J connectivity index is 1.51. The maximum atomic E-state index is 12.3. The number of nitrogens with zero attached hydrogens (tertiary/aromatic N) is 4. The summed E-state index contributed by atoms with van der Waals surface area (Å²) in [6, 6.07) is 6.15. The van der Waals surface area contributed by atoms with Crippen LogP contribution in [0.1, 0.15) is 11.8 Å². The lowest BCUT2D eigenvalue weighted by atomic mass is 10.1. The van der Waals surface area contributed by atoms with Crippen molar-refractivity contribution in [2.24, 2.45) is 0 Å². The van der Waals surface area contributed by atoms with Crippen LogP contribution in [0, 0.1) is 6.92 Å². The summed E-state index contributed by atoms with van der Waals surface area (Å²) in [6.07, 6.45) is -2.30. The standard InChI is InChI=1S/C17H19N5O6S/c1-9-2-4-10(5-3-9)29(25,26)27-6-11-13(23)14(24)17(28-11)22-8-21-12-15(18)19-7-20-16(12)22/h2-5,7-8,11,13-14,17,23-24H,6H2,1H3,(H2,18,19,20). The summed E-state index contributed by atoms with van der Waals surface area (Å²) >= 11 is 0. The van der Waals surface area contributed by atoms with Crippen LogP contribution >= 0.6 is 0 Å². The molecule has 11 nitrogen and oxygen atoms in total. The minimum atomic E-state index is -4.05. The van der Waals surface area contributed by atoms with Crippen molar-refractivity contribution in [3.05, 3.63) is 42.5 Å².